The van der Waals surface area contributed by atoms with Crippen LogP contribution in [0.4, 0.5) is 17.5 Å². The van der Waals surface area contributed by atoms with Gasteiger partial charge in [0.15, 0.2) is 5.65 Å². The van der Waals surface area contributed by atoms with Gasteiger partial charge in [-0.15, -0.1) is 5.10 Å². The van der Waals surface area contributed by atoms with Crippen LogP contribution < -0.4 is 15.0 Å². The van der Waals surface area contributed by atoms with Gasteiger partial charge in [-0.1, -0.05) is 6.07 Å². The minimum absolute atomic E-state index is 0.502. The average Bonchev–Trinajstić information content (AvgIpc) is 3.37. The molecule has 1 aliphatic heterocycles. The van der Waals surface area contributed by atoms with Crippen LogP contribution in [0.2, 0.25) is 0 Å². The molecule has 9 nitrogen and oxygen atoms in total. The molecule has 4 aromatic heterocycles. The van der Waals surface area contributed by atoms with E-state index in [1.165, 1.54) is 0 Å². The Hall–Kier alpha value is -4.50. The Balaban J connectivity index is 1.19. The molecule has 0 aliphatic carbocycles. The Morgan fingerprint density at radius 3 is 2.42 bits per heavy atom. The Kier molecular flexibility index (Phi) is 5.88. The predicted molar refractivity (Wildman–Crippen MR) is 139 cm³/mol. The maximum atomic E-state index is 5.42. The van der Waals surface area contributed by atoms with Gasteiger partial charge in [0, 0.05) is 30.4 Å². The van der Waals surface area contributed by atoms with Gasteiger partial charge in [-0.2, -0.15) is 4.98 Å². The van der Waals surface area contributed by atoms with Gasteiger partial charge in [0.2, 0.25) is 5.95 Å². The van der Waals surface area contributed by atoms with Gasteiger partial charge >= 0.3 is 0 Å². The third-order valence-electron chi connectivity index (χ3n) is 6.14. The molecule has 36 heavy (non-hydrogen) atoms. The first-order valence-electron chi connectivity index (χ1n) is 11.8. The summed E-state index contributed by atoms with van der Waals surface area (Å²) in [5.41, 5.74) is 5.34. The van der Waals surface area contributed by atoms with E-state index in [1.54, 1.807) is 13.3 Å². The maximum Gasteiger partial charge on any atom is 0.247 e. The first-order chi connectivity index (χ1) is 17.8. The van der Waals surface area contributed by atoms with Crippen LogP contribution in [0.25, 0.3) is 28.2 Å². The standard InChI is InChI=1S/C27H25N7O2/c1-35-22-9-5-19(6-10-22)24-3-2-4-26-31-27(32-34(24)26)30-21-8-11-23(28-18-21)20-7-12-25(29-17-20)33-13-15-36-16-14-33/h2-12,17-18H,13-16H2,1H3,(H,30,32). The van der Waals surface area contributed by atoms with Crippen LogP contribution in [0.1, 0.15) is 0 Å². The zero-order chi connectivity index (χ0) is 24.3. The number of nitrogens with zero attached hydrogens (tertiary/aromatic N) is 6. The molecule has 0 bridgehead atoms. The van der Waals surface area contributed by atoms with E-state index < -0.39 is 0 Å². The molecule has 1 saturated heterocycles. The Morgan fingerprint density at radius 2 is 1.69 bits per heavy atom. The third kappa shape index (κ3) is 4.44. The van der Waals surface area contributed by atoms with E-state index in [4.69, 9.17) is 9.47 Å². The zero-order valence-electron chi connectivity index (χ0n) is 19.8. The molecule has 0 radical (unpaired) electrons. The lowest BCUT2D eigenvalue weighted by molar-refractivity contribution is 0.122. The number of rotatable bonds is 6. The second-order valence-corrected chi connectivity index (χ2v) is 8.41. The molecular weight excluding hydrogens is 454 g/mol. The summed E-state index contributed by atoms with van der Waals surface area (Å²) >= 11 is 0. The van der Waals surface area contributed by atoms with Gasteiger partial charge in [-0.3, -0.25) is 4.98 Å². The summed E-state index contributed by atoms with van der Waals surface area (Å²) in [5, 5.41) is 7.93. The van der Waals surface area contributed by atoms with E-state index in [0.717, 1.165) is 71.7 Å². The normalized spacial score (nSPS) is 13.6. The van der Waals surface area contributed by atoms with Crippen LogP contribution in [0.15, 0.2) is 79.1 Å². The first-order valence-corrected chi connectivity index (χ1v) is 11.8. The van der Waals surface area contributed by atoms with Gasteiger partial charge in [0.25, 0.3) is 0 Å². The molecule has 1 aromatic carbocycles. The molecule has 0 spiro atoms. The molecule has 0 unspecified atom stereocenters. The van der Waals surface area contributed by atoms with Gasteiger partial charge in [0.1, 0.15) is 11.6 Å². The number of ether oxygens (including phenoxy) is 2. The van der Waals surface area contributed by atoms with Crippen LogP contribution in [0, 0.1) is 0 Å². The van der Waals surface area contributed by atoms with Crippen LogP contribution in [0.3, 0.4) is 0 Å². The summed E-state index contributed by atoms with van der Waals surface area (Å²) in [6, 6.07) is 21.8. The number of methoxy groups -OCH3 is 1. The second-order valence-electron chi connectivity index (χ2n) is 8.41. The summed E-state index contributed by atoms with van der Waals surface area (Å²) in [7, 11) is 1.66. The van der Waals surface area contributed by atoms with Crippen molar-refractivity contribution in [2.45, 2.75) is 0 Å². The van der Waals surface area contributed by atoms with Crippen molar-refractivity contribution in [3.63, 3.8) is 0 Å². The average molecular weight is 480 g/mol. The predicted octanol–water partition coefficient (Wildman–Crippen LogP) is 4.44. The van der Waals surface area contributed by atoms with Crippen molar-refractivity contribution in [1.82, 2.24) is 24.6 Å². The molecule has 5 heterocycles. The summed E-state index contributed by atoms with van der Waals surface area (Å²) in [4.78, 5) is 16.1. The molecule has 1 fully saturated rings. The van der Waals surface area contributed by atoms with Crippen molar-refractivity contribution < 1.29 is 9.47 Å². The van der Waals surface area contributed by atoms with E-state index in [-0.39, 0.29) is 0 Å². The highest BCUT2D eigenvalue weighted by atomic mass is 16.5. The highest BCUT2D eigenvalue weighted by Gasteiger charge is 2.13. The monoisotopic (exact) mass is 479 g/mol. The SMILES string of the molecule is COc1ccc(-c2cccc3nc(Nc4ccc(-c5ccc(N6CCOCC6)nc5)nc4)nn23)cc1. The highest BCUT2D eigenvalue weighted by Crippen LogP contribution is 2.25. The van der Waals surface area contributed by atoms with E-state index in [2.05, 4.69) is 36.3 Å². The maximum absolute atomic E-state index is 5.42. The number of benzene rings is 1. The lowest BCUT2D eigenvalue weighted by Crippen LogP contribution is -2.36. The Bertz CT molecular complexity index is 1460. The summed E-state index contributed by atoms with van der Waals surface area (Å²) in [5.74, 6) is 2.28. The van der Waals surface area contributed by atoms with Crippen LogP contribution >= 0.6 is 0 Å². The first kappa shape index (κ1) is 22.0. The Morgan fingerprint density at radius 1 is 0.861 bits per heavy atom. The molecule has 5 aromatic rings. The Labute approximate surface area is 208 Å². The molecule has 6 rings (SSSR count). The minimum atomic E-state index is 0.502. The number of nitrogens with one attached hydrogen (secondary N) is 1. The fourth-order valence-corrected chi connectivity index (χ4v) is 4.22. The zero-order valence-corrected chi connectivity index (χ0v) is 19.8. The van der Waals surface area contributed by atoms with E-state index in [0.29, 0.717) is 5.95 Å². The summed E-state index contributed by atoms with van der Waals surface area (Å²) in [6.45, 7) is 3.21. The van der Waals surface area contributed by atoms with Crippen molar-refractivity contribution in [3.05, 3.63) is 79.1 Å². The number of hydrogen-bond acceptors (Lipinski definition) is 8. The van der Waals surface area contributed by atoms with Crippen LogP contribution in [-0.2, 0) is 4.74 Å². The number of morpholine rings is 1. The molecular formula is C27H25N7O2. The number of anilines is 3. The molecule has 180 valence electrons. The smallest absolute Gasteiger partial charge is 0.247 e. The fraction of sp³-hybridized carbons (Fsp3) is 0.185. The second kappa shape index (κ2) is 9.63. The van der Waals surface area contributed by atoms with Crippen molar-refractivity contribution in [1.29, 1.82) is 0 Å². The molecule has 0 amide bonds. The van der Waals surface area contributed by atoms with Crippen molar-refractivity contribution in [2.24, 2.45) is 0 Å². The third-order valence-corrected chi connectivity index (χ3v) is 6.14. The van der Waals surface area contributed by atoms with Crippen molar-refractivity contribution in [2.75, 3.05) is 43.6 Å². The molecule has 0 saturated carbocycles. The molecule has 1 aliphatic rings. The highest BCUT2D eigenvalue weighted by molar-refractivity contribution is 5.66. The lowest BCUT2D eigenvalue weighted by atomic mass is 10.1. The molecule has 0 atom stereocenters. The minimum Gasteiger partial charge on any atom is -0.497 e. The molecule has 1 N–H and O–H groups in total. The number of aromatic nitrogens is 5. The summed E-state index contributed by atoms with van der Waals surface area (Å²) < 4.78 is 12.5. The van der Waals surface area contributed by atoms with E-state index in [9.17, 15) is 0 Å². The topological polar surface area (TPSA) is 89.7 Å². The van der Waals surface area contributed by atoms with Gasteiger partial charge in [-0.05, 0) is 60.7 Å². The fourth-order valence-electron chi connectivity index (χ4n) is 4.22. The number of hydrogen-bond donors (Lipinski definition) is 1. The lowest BCUT2D eigenvalue weighted by Gasteiger charge is -2.27. The number of pyridine rings is 3. The van der Waals surface area contributed by atoms with E-state index in [1.807, 2.05) is 71.4 Å². The van der Waals surface area contributed by atoms with Crippen LogP contribution in [0.5, 0.6) is 5.75 Å². The quantitative estimate of drug-likeness (QED) is 0.382. The van der Waals surface area contributed by atoms with Crippen molar-refractivity contribution >= 4 is 23.1 Å². The van der Waals surface area contributed by atoms with Gasteiger partial charge < -0.3 is 19.7 Å². The van der Waals surface area contributed by atoms with Gasteiger partial charge in [-0.25, -0.2) is 9.50 Å². The van der Waals surface area contributed by atoms with Crippen LogP contribution in [-0.4, -0.2) is 58.0 Å². The number of fused-ring (bicyclic) bond motifs is 1. The van der Waals surface area contributed by atoms with E-state index >= 15 is 0 Å². The van der Waals surface area contributed by atoms with Gasteiger partial charge in [0.05, 0.1) is 43.6 Å². The van der Waals surface area contributed by atoms with Crippen molar-refractivity contribution in [3.8, 4) is 28.3 Å². The largest absolute Gasteiger partial charge is 0.497 e. The summed E-state index contributed by atoms with van der Waals surface area (Å²) in [6.07, 6.45) is 3.64. The molecule has 9 heteroatoms.